The summed E-state index contributed by atoms with van der Waals surface area (Å²) < 4.78 is 79.5. The maximum Gasteiger partial charge on any atom is 0.433 e. The fraction of sp³-hybridized carbons (Fsp3) is 0.222. The summed E-state index contributed by atoms with van der Waals surface area (Å²) in [5, 5.41) is 0.0725. The molecule has 6 nitrogen and oxygen atoms in total. The lowest BCUT2D eigenvalue weighted by Gasteiger charge is -2.36. The molecule has 1 aromatic heterocycles. The third kappa shape index (κ3) is 3.89. The van der Waals surface area contributed by atoms with E-state index < -0.39 is 35.3 Å². The van der Waals surface area contributed by atoms with Crippen LogP contribution < -0.4 is 21.3 Å². The number of halogens is 7. The number of aliphatic imine (C=N–C) groups is 1. The minimum atomic E-state index is -4.73. The maximum absolute atomic E-state index is 13.7. The first-order chi connectivity index (χ1) is 14.9. The van der Waals surface area contributed by atoms with Gasteiger partial charge in [0.2, 0.25) is 0 Å². The van der Waals surface area contributed by atoms with Crippen LogP contribution in [0.3, 0.4) is 0 Å². The quantitative estimate of drug-likeness (QED) is 0.595. The second-order valence-corrected chi connectivity index (χ2v) is 8.21. The average molecular weight is 495 g/mol. The summed E-state index contributed by atoms with van der Waals surface area (Å²) in [6.45, 7) is 0. The van der Waals surface area contributed by atoms with Gasteiger partial charge in [-0.15, -0.1) is 0 Å². The Morgan fingerprint density at radius 1 is 1.00 bits per heavy atom. The molecule has 0 fully saturated rings. The summed E-state index contributed by atoms with van der Waals surface area (Å²) in [5.41, 5.74) is 9.18. The summed E-state index contributed by atoms with van der Waals surface area (Å²) in [6.07, 6.45) is -8.28. The SMILES string of the molecule is NC1C2=C(N=CN1c1ccc(C(F)(F)F)nc1)SC(N)N2c1c(Cl)cccc1C(F)(F)F. The number of nitrogens with two attached hydrogens (primary N) is 2. The third-order valence-electron chi connectivity index (χ3n) is 4.71. The van der Waals surface area contributed by atoms with Gasteiger partial charge in [-0.25, -0.2) is 9.98 Å². The molecule has 2 aliphatic rings. The first kappa shape index (κ1) is 22.7. The van der Waals surface area contributed by atoms with Crippen LogP contribution in [-0.2, 0) is 12.4 Å². The second kappa shape index (κ2) is 7.83. The van der Waals surface area contributed by atoms with Crippen molar-refractivity contribution >= 4 is 41.1 Å². The molecule has 2 aliphatic heterocycles. The molecule has 3 heterocycles. The van der Waals surface area contributed by atoms with Gasteiger partial charge in [0.15, 0.2) is 0 Å². The molecule has 0 radical (unpaired) electrons. The van der Waals surface area contributed by atoms with Gasteiger partial charge in [-0.3, -0.25) is 0 Å². The fourth-order valence-electron chi connectivity index (χ4n) is 3.32. The van der Waals surface area contributed by atoms with Crippen LogP contribution in [0.1, 0.15) is 11.3 Å². The highest BCUT2D eigenvalue weighted by molar-refractivity contribution is 8.04. The molecule has 0 amide bonds. The Balaban J connectivity index is 1.75. The first-order valence-corrected chi connectivity index (χ1v) is 10.1. The summed E-state index contributed by atoms with van der Waals surface area (Å²) in [4.78, 5) is 10.00. The lowest BCUT2D eigenvalue weighted by atomic mass is 10.1. The third-order valence-corrected chi connectivity index (χ3v) is 6.01. The van der Waals surface area contributed by atoms with Gasteiger partial charge in [0, 0.05) is 0 Å². The Kier molecular flexibility index (Phi) is 5.56. The molecule has 2 unspecified atom stereocenters. The van der Waals surface area contributed by atoms with E-state index in [9.17, 15) is 26.3 Å². The van der Waals surface area contributed by atoms with E-state index in [1.807, 2.05) is 0 Å². The normalized spacial score (nSPS) is 21.4. The van der Waals surface area contributed by atoms with Gasteiger partial charge in [-0.05, 0) is 24.3 Å². The molecule has 2 aromatic rings. The summed E-state index contributed by atoms with van der Waals surface area (Å²) in [7, 11) is 0. The zero-order chi connectivity index (χ0) is 23.4. The predicted molar refractivity (Wildman–Crippen MR) is 110 cm³/mol. The van der Waals surface area contributed by atoms with Crippen molar-refractivity contribution in [3.63, 3.8) is 0 Å². The second-order valence-electron chi connectivity index (χ2n) is 6.70. The molecule has 0 saturated carbocycles. The van der Waals surface area contributed by atoms with Crippen molar-refractivity contribution in [1.29, 1.82) is 0 Å². The standard InChI is InChI=1S/C18H13ClF6N6S/c19-10-3-1-2-9(17(20,21)22)12(10)31-13-14(26)30(7-29-15(13)32-16(31)27)8-4-5-11(28-6-8)18(23,24)25/h1-7,14,16H,26-27H2. The molecule has 14 heteroatoms. The molecule has 2 atom stereocenters. The molecule has 4 N–H and O–H groups in total. The van der Waals surface area contributed by atoms with Crippen LogP contribution in [0.25, 0.3) is 0 Å². The Hall–Kier alpha value is -2.48. The summed E-state index contributed by atoms with van der Waals surface area (Å²) in [6, 6.07) is 5.22. The number of benzene rings is 1. The smallest absolute Gasteiger partial charge is 0.312 e. The molecule has 0 bridgehead atoms. The molecular formula is C18H13ClF6N6S. The van der Waals surface area contributed by atoms with Crippen LogP contribution in [0.15, 0.2) is 52.2 Å². The lowest BCUT2D eigenvalue weighted by molar-refractivity contribution is -0.141. The first-order valence-electron chi connectivity index (χ1n) is 8.82. The Bertz CT molecular complexity index is 1100. The van der Waals surface area contributed by atoms with Crippen molar-refractivity contribution in [2.75, 3.05) is 9.80 Å². The van der Waals surface area contributed by atoms with E-state index in [2.05, 4.69) is 9.98 Å². The number of hydrogen-bond donors (Lipinski definition) is 2. The van der Waals surface area contributed by atoms with Crippen LogP contribution in [-0.4, -0.2) is 23.0 Å². The lowest BCUT2D eigenvalue weighted by Crippen LogP contribution is -2.51. The maximum atomic E-state index is 13.7. The number of nitrogens with zero attached hydrogens (tertiary/aromatic N) is 4. The van der Waals surface area contributed by atoms with E-state index in [1.165, 1.54) is 17.3 Å². The van der Waals surface area contributed by atoms with Crippen LogP contribution in [0, 0.1) is 0 Å². The zero-order valence-corrected chi connectivity index (χ0v) is 17.3. The molecule has 0 spiro atoms. The van der Waals surface area contributed by atoms with Crippen molar-refractivity contribution in [2.24, 2.45) is 16.5 Å². The molecular weight excluding hydrogens is 482 g/mol. The highest BCUT2D eigenvalue weighted by Gasteiger charge is 2.44. The molecule has 32 heavy (non-hydrogen) atoms. The highest BCUT2D eigenvalue weighted by Crippen LogP contribution is 2.49. The largest absolute Gasteiger partial charge is 0.433 e. The molecule has 0 aliphatic carbocycles. The van der Waals surface area contributed by atoms with Crippen LogP contribution in [0.4, 0.5) is 37.7 Å². The van der Waals surface area contributed by atoms with E-state index in [-0.39, 0.29) is 27.1 Å². The van der Waals surface area contributed by atoms with Gasteiger partial charge in [0.05, 0.1) is 40.2 Å². The minimum Gasteiger partial charge on any atom is -0.312 e. The molecule has 170 valence electrons. The average Bonchev–Trinajstić information content (AvgIpc) is 3.03. The Morgan fingerprint density at radius 2 is 1.72 bits per heavy atom. The Labute approximate surface area is 186 Å². The van der Waals surface area contributed by atoms with Gasteiger partial charge in [-0.1, -0.05) is 29.4 Å². The van der Waals surface area contributed by atoms with Gasteiger partial charge in [-0.2, -0.15) is 26.3 Å². The van der Waals surface area contributed by atoms with Crippen molar-refractivity contribution in [3.8, 4) is 0 Å². The Morgan fingerprint density at radius 3 is 2.31 bits per heavy atom. The van der Waals surface area contributed by atoms with E-state index in [0.29, 0.717) is 0 Å². The van der Waals surface area contributed by atoms with Crippen LogP contribution in [0.2, 0.25) is 5.02 Å². The van der Waals surface area contributed by atoms with Crippen LogP contribution in [0.5, 0.6) is 0 Å². The number of para-hydroxylation sites is 1. The van der Waals surface area contributed by atoms with Gasteiger partial charge in [0.25, 0.3) is 0 Å². The number of alkyl halides is 6. The van der Waals surface area contributed by atoms with Crippen LogP contribution >= 0.6 is 23.4 Å². The highest BCUT2D eigenvalue weighted by atomic mass is 35.5. The van der Waals surface area contributed by atoms with E-state index in [4.69, 9.17) is 23.1 Å². The number of rotatable bonds is 2. The molecule has 1 aromatic carbocycles. The van der Waals surface area contributed by atoms with Gasteiger partial charge >= 0.3 is 12.4 Å². The van der Waals surface area contributed by atoms with Crippen molar-refractivity contribution in [1.82, 2.24) is 4.98 Å². The topological polar surface area (TPSA) is 83.8 Å². The molecule has 4 rings (SSSR count). The summed E-state index contributed by atoms with van der Waals surface area (Å²) >= 11 is 7.11. The summed E-state index contributed by atoms with van der Waals surface area (Å²) in [5.74, 6) is 0. The predicted octanol–water partition coefficient (Wildman–Crippen LogP) is 4.57. The van der Waals surface area contributed by atoms with Gasteiger partial charge in [0.1, 0.15) is 22.4 Å². The van der Waals surface area contributed by atoms with Gasteiger partial charge < -0.3 is 21.3 Å². The van der Waals surface area contributed by atoms with E-state index >= 15 is 0 Å². The fourth-order valence-corrected chi connectivity index (χ4v) is 4.59. The monoisotopic (exact) mass is 494 g/mol. The number of aromatic nitrogens is 1. The van der Waals surface area contributed by atoms with Crippen molar-refractivity contribution in [3.05, 3.63) is 63.5 Å². The minimum absolute atomic E-state index is 0.128. The molecule has 0 saturated heterocycles. The number of hydrogen-bond acceptors (Lipinski definition) is 7. The van der Waals surface area contributed by atoms with E-state index in [0.717, 1.165) is 47.1 Å². The number of anilines is 2. The number of thioether (sulfide) groups is 1. The van der Waals surface area contributed by atoms with Crippen molar-refractivity contribution in [2.45, 2.75) is 24.0 Å². The zero-order valence-electron chi connectivity index (χ0n) is 15.7. The number of pyridine rings is 1. The van der Waals surface area contributed by atoms with E-state index in [1.54, 1.807) is 0 Å². The van der Waals surface area contributed by atoms with Crippen molar-refractivity contribution < 1.29 is 26.3 Å².